The molecule has 144 valence electrons. The molecule has 3 rings (SSSR count). The lowest BCUT2D eigenvalue weighted by atomic mass is 10.2. The van der Waals surface area contributed by atoms with Gasteiger partial charge in [-0.1, -0.05) is 12.1 Å². The number of piperazine rings is 1. The first-order valence-corrected chi connectivity index (χ1v) is 10.1. The van der Waals surface area contributed by atoms with Crippen molar-refractivity contribution < 1.29 is 22.4 Å². The summed E-state index contributed by atoms with van der Waals surface area (Å²) in [7, 11) is -3.71. The molecule has 1 amide bonds. The number of nitrogens with zero attached hydrogens (tertiary/aromatic N) is 2. The van der Waals surface area contributed by atoms with Crippen LogP contribution in [0, 0.1) is 13.8 Å². The summed E-state index contributed by atoms with van der Waals surface area (Å²) in [6.07, 6.45) is 0. The maximum absolute atomic E-state index is 12.9. The quantitative estimate of drug-likeness (QED) is 0.747. The third kappa shape index (κ3) is 3.81. The Morgan fingerprint density at radius 2 is 1.70 bits per heavy atom. The highest BCUT2D eigenvalue weighted by Crippen LogP contribution is 2.21. The van der Waals surface area contributed by atoms with Crippen molar-refractivity contribution in [2.24, 2.45) is 0 Å². The molecule has 0 aliphatic carbocycles. The summed E-state index contributed by atoms with van der Waals surface area (Å²) >= 11 is 0. The van der Waals surface area contributed by atoms with Gasteiger partial charge in [0.05, 0.1) is 10.5 Å². The van der Waals surface area contributed by atoms with Gasteiger partial charge in [-0.3, -0.25) is 9.59 Å². The molecule has 1 aliphatic heterocycles. The van der Waals surface area contributed by atoms with E-state index in [2.05, 4.69) is 0 Å². The summed E-state index contributed by atoms with van der Waals surface area (Å²) in [4.78, 5) is 25.9. The van der Waals surface area contributed by atoms with Gasteiger partial charge in [-0.05, 0) is 39.0 Å². The van der Waals surface area contributed by atoms with Gasteiger partial charge in [-0.15, -0.1) is 0 Å². The molecule has 0 N–H and O–H groups in total. The third-order valence-corrected chi connectivity index (χ3v) is 6.57. The van der Waals surface area contributed by atoms with Crippen molar-refractivity contribution in [1.82, 2.24) is 9.21 Å². The Balaban J connectivity index is 1.73. The molecule has 1 aliphatic rings. The number of furan rings is 1. The molecule has 27 heavy (non-hydrogen) atoms. The molecule has 0 spiro atoms. The fourth-order valence-corrected chi connectivity index (χ4v) is 4.64. The topological polar surface area (TPSA) is 87.9 Å². The van der Waals surface area contributed by atoms with Crippen LogP contribution in [0.2, 0.25) is 0 Å². The monoisotopic (exact) mass is 390 g/mol. The van der Waals surface area contributed by atoms with E-state index in [0.29, 0.717) is 35.7 Å². The molecular formula is C19H22N2O5S. The molecule has 0 unspecified atom stereocenters. The lowest BCUT2D eigenvalue weighted by Gasteiger charge is -2.34. The second-order valence-corrected chi connectivity index (χ2v) is 8.55. The molecule has 0 bridgehead atoms. The first kappa shape index (κ1) is 19.3. The summed E-state index contributed by atoms with van der Waals surface area (Å²) < 4.78 is 32.5. The SMILES string of the molecule is CC(=O)c1cccc(S(=O)(=O)N2CCN(C(=O)c3cc(C)oc3C)CC2)c1. The highest BCUT2D eigenvalue weighted by molar-refractivity contribution is 7.89. The van der Waals surface area contributed by atoms with E-state index in [-0.39, 0.29) is 29.7 Å². The van der Waals surface area contributed by atoms with Crippen molar-refractivity contribution in [3.05, 3.63) is 53.0 Å². The molecule has 0 atom stereocenters. The molecule has 8 heteroatoms. The zero-order valence-corrected chi connectivity index (χ0v) is 16.4. The number of benzene rings is 1. The fourth-order valence-electron chi connectivity index (χ4n) is 3.17. The Kier molecular flexibility index (Phi) is 5.21. The minimum Gasteiger partial charge on any atom is -0.466 e. The zero-order chi connectivity index (χ0) is 19.8. The van der Waals surface area contributed by atoms with Crippen molar-refractivity contribution in [3.63, 3.8) is 0 Å². The van der Waals surface area contributed by atoms with Crippen LogP contribution in [0.4, 0.5) is 0 Å². The van der Waals surface area contributed by atoms with Crippen LogP contribution in [0.5, 0.6) is 0 Å². The highest BCUT2D eigenvalue weighted by atomic mass is 32.2. The Morgan fingerprint density at radius 3 is 2.26 bits per heavy atom. The standard InChI is InChI=1S/C19H22N2O5S/c1-13-11-18(15(3)26-13)19(23)20-7-9-21(10-8-20)27(24,25)17-6-4-5-16(12-17)14(2)22/h4-6,11-12H,7-10H2,1-3H3. The number of rotatable bonds is 4. The third-order valence-electron chi connectivity index (χ3n) is 4.68. The van der Waals surface area contributed by atoms with Gasteiger partial charge in [0.1, 0.15) is 11.5 Å². The van der Waals surface area contributed by atoms with Gasteiger partial charge in [-0.2, -0.15) is 4.31 Å². The van der Waals surface area contributed by atoms with Crippen molar-refractivity contribution in [2.45, 2.75) is 25.7 Å². The molecule has 7 nitrogen and oxygen atoms in total. The van der Waals surface area contributed by atoms with Crippen LogP contribution in [0.15, 0.2) is 39.6 Å². The number of hydrogen-bond acceptors (Lipinski definition) is 5. The van der Waals surface area contributed by atoms with Gasteiger partial charge >= 0.3 is 0 Å². The Hall–Kier alpha value is -2.45. The van der Waals surface area contributed by atoms with Crippen LogP contribution >= 0.6 is 0 Å². The van der Waals surface area contributed by atoms with E-state index in [9.17, 15) is 18.0 Å². The number of carbonyl (C=O) groups is 2. The molecule has 1 aromatic heterocycles. The lowest BCUT2D eigenvalue weighted by Crippen LogP contribution is -2.50. The molecule has 2 aromatic rings. The molecule has 2 heterocycles. The molecule has 1 aromatic carbocycles. The summed E-state index contributed by atoms with van der Waals surface area (Å²) in [5.41, 5.74) is 0.869. The molecule has 0 saturated carbocycles. The van der Waals surface area contributed by atoms with Crippen LogP contribution in [0.3, 0.4) is 0 Å². The second kappa shape index (κ2) is 7.28. The number of carbonyl (C=O) groups excluding carboxylic acids is 2. The van der Waals surface area contributed by atoms with Gasteiger partial charge in [0, 0.05) is 31.7 Å². The van der Waals surface area contributed by atoms with E-state index in [4.69, 9.17) is 4.42 Å². The molecule has 1 fully saturated rings. The molecular weight excluding hydrogens is 368 g/mol. The number of ketones is 1. The number of amides is 1. The normalized spacial score (nSPS) is 15.7. The van der Waals surface area contributed by atoms with E-state index in [1.54, 1.807) is 36.9 Å². The fraction of sp³-hybridized carbons (Fsp3) is 0.368. The van der Waals surface area contributed by atoms with E-state index in [1.807, 2.05) is 0 Å². The van der Waals surface area contributed by atoms with Crippen LogP contribution < -0.4 is 0 Å². The second-order valence-electron chi connectivity index (χ2n) is 6.61. The number of sulfonamides is 1. The van der Waals surface area contributed by atoms with Crippen molar-refractivity contribution >= 4 is 21.7 Å². The maximum atomic E-state index is 12.9. The Morgan fingerprint density at radius 1 is 1.04 bits per heavy atom. The average molecular weight is 390 g/mol. The predicted molar refractivity (Wildman–Crippen MR) is 99.3 cm³/mol. The van der Waals surface area contributed by atoms with E-state index >= 15 is 0 Å². The lowest BCUT2D eigenvalue weighted by molar-refractivity contribution is 0.0696. The van der Waals surface area contributed by atoms with Crippen molar-refractivity contribution in [2.75, 3.05) is 26.2 Å². The van der Waals surface area contributed by atoms with Crippen molar-refractivity contribution in [3.8, 4) is 0 Å². The number of Topliss-reactive ketones (excluding diaryl/α,β-unsaturated/α-hetero) is 1. The molecule has 0 radical (unpaired) electrons. The predicted octanol–water partition coefficient (Wildman–Crippen LogP) is 2.25. The minimum atomic E-state index is -3.71. The first-order valence-electron chi connectivity index (χ1n) is 8.67. The smallest absolute Gasteiger partial charge is 0.257 e. The van der Waals surface area contributed by atoms with Gasteiger partial charge in [-0.25, -0.2) is 8.42 Å². The van der Waals surface area contributed by atoms with E-state index in [1.165, 1.54) is 23.4 Å². The zero-order valence-electron chi connectivity index (χ0n) is 15.6. The Labute approximate surface area is 158 Å². The van der Waals surface area contributed by atoms with Crippen LogP contribution in [-0.4, -0.2) is 55.5 Å². The van der Waals surface area contributed by atoms with E-state index < -0.39 is 10.0 Å². The minimum absolute atomic E-state index is 0.0938. The summed E-state index contributed by atoms with van der Waals surface area (Å²) in [6, 6.07) is 7.73. The van der Waals surface area contributed by atoms with Crippen molar-refractivity contribution in [1.29, 1.82) is 0 Å². The number of hydrogen-bond donors (Lipinski definition) is 0. The van der Waals surface area contributed by atoms with Gasteiger partial charge in [0.15, 0.2) is 5.78 Å². The van der Waals surface area contributed by atoms with Gasteiger partial charge < -0.3 is 9.32 Å². The maximum Gasteiger partial charge on any atom is 0.257 e. The Bertz CT molecular complexity index is 985. The van der Waals surface area contributed by atoms with Crippen LogP contribution in [0.25, 0.3) is 0 Å². The largest absolute Gasteiger partial charge is 0.466 e. The van der Waals surface area contributed by atoms with Crippen LogP contribution in [-0.2, 0) is 10.0 Å². The first-order chi connectivity index (χ1) is 12.7. The average Bonchev–Trinajstić information content (AvgIpc) is 2.99. The summed E-state index contributed by atoms with van der Waals surface area (Å²) in [6.45, 7) is 5.92. The number of aryl methyl sites for hydroxylation is 2. The summed E-state index contributed by atoms with van der Waals surface area (Å²) in [5, 5.41) is 0. The van der Waals surface area contributed by atoms with Gasteiger partial charge in [0.2, 0.25) is 10.0 Å². The van der Waals surface area contributed by atoms with Gasteiger partial charge in [0.25, 0.3) is 5.91 Å². The van der Waals surface area contributed by atoms with Crippen LogP contribution in [0.1, 0.15) is 39.2 Å². The molecule has 1 saturated heterocycles. The summed E-state index contributed by atoms with van der Waals surface area (Å²) in [5.74, 6) is 0.893. The van der Waals surface area contributed by atoms with E-state index in [0.717, 1.165) is 0 Å². The highest BCUT2D eigenvalue weighted by Gasteiger charge is 2.31.